The number of phenolic OH excluding ortho intramolecular Hbond substituents is 1. The largest absolute Gasteiger partial charge is 0.507 e. The van der Waals surface area contributed by atoms with Crippen LogP contribution in [-0.4, -0.2) is 28.6 Å². The lowest BCUT2D eigenvalue weighted by Gasteiger charge is -2.22. The molecule has 0 bridgehead atoms. The molecule has 0 saturated carbocycles. The molecule has 1 aliphatic heterocycles. The Morgan fingerprint density at radius 1 is 0.865 bits per heavy atom. The lowest BCUT2D eigenvalue weighted by Crippen LogP contribution is -2.29. The fourth-order valence-corrected chi connectivity index (χ4v) is 4.31. The molecule has 1 atom stereocenters. The van der Waals surface area contributed by atoms with Gasteiger partial charge in [0.1, 0.15) is 11.5 Å². The van der Waals surface area contributed by atoms with Crippen molar-refractivity contribution in [3.05, 3.63) is 119 Å². The minimum absolute atomic E-state index is 0.0864. The highest BCUT2D eigenvalue weighted by atomic mass is 16.5. The van der Waals surface area contributed by atoms with Crippen molar-refractivity contribution in [3.8, 4) is 17.2 Å². The third-order valence-electron chi connectivity index (χ3n) is 6.30. The van der Waals surface area contributed by atoms with E-state index in [1.165, 1.54) is 12.1 Å². The number of anilines is 1. The molecule has 7 heteroatoms. The van der Waals surface area contributed by atoms with Gasteiger partial charge in [0.2, 0.25) is 0 Å². The first-order valence-electron chi connectivity index (χ1n) is 12.0. The van der Waals surface area contributed by atoms with Gasteiger partial charge in [-0.25, -0.2) is 0 Å². The molecular formula is C30H26N2O5. The normalized spacial score (nSPS) is 13.1. The van der Waals surface area contributed by atoms with Crippen LogP contribution < -0.4 is 15.0 Å². The molecule has 2 amide bonds. The van der Waals surface area contributed by atoms with Gasteiger partial charge in [0, 0.05) is 6.54 Å². The molecule has 0 saturated heterocycles. The van der Waals surface area contributed by atoms with Gasteiger partial charge in [-0.15, -0.1) is 0 Å². The standard InChI is InChI=1S/C30H26N2O5/c33-25(17-18-31-29(35)22-7-1-4-10-26(22)34)21-15-13-20(14-16-21)19-32-24-9-3-6-12-28(24)37-27-11-5-2-8-23(27)30(32)36/h1-16,25,33-34H,17-19H2,(H,31,35). The predicted molar refractivity (Wildman–Crippen MR) is 140 cm³/mol. The average Bonchev–Trinajstić information content (AvgIpc) is 3.03. The summed E-state index contributed by atoms with van der Waals surface area (Å²) in [7, 11) is 0. The summed E-state index contributed by atoms with van der Waals surface area (Å²) >= 11 is 0. The Hall–Kier alpha value is -4.62. The molecule has 0 spiro atoms. The first kappa shape index (κ1) is 24.1. The van der Waals surface area contributed by atoms with Gasteiger partial charge in [-0.2, -0.15) is 0 Å². The van der Waals surface area contributed by atoms with E-state index >= 15 is 0 Å². The molecule has 0 aliphatic carbocycles. The number of hydrogen-bond donors (Lipinski definition) is 3. The van der Waals surface area contributed by atoms with Crippen molar-refractivity contribution in [3.63, 3.8) is 0 Å². The average molecular weight is 495 g/mol. The summed E-state index contributed by atoms with van der Waals surface area (Å²) in [5.74, 6) is 0.504. The second-order valence-electron chi connectivity index (χ2n) is 8.78. The third-order valence-corrected chi connectivity index (χ3v) is 6.30. The molecule has 1 unspecified atom stereocenters. The van der Waals surface area contributed by atoms with Crippen LogP contribution in [0.25, 0.3) is 0 Å². The van der Waals surface area contributed by atoms with E-state index in [-0.39, 0.29) is 23.8 Å². The first-order valence-corrected chi connectivity index (χ1v) is 12.0. The van der Waals surface area contributed by atoms with Crippen LogP contribution in [0.2, 0.25) is 0 Å². The molecule has 3 N–H and O–H groups in total. The number of phenols is 1. The zero-order valence-corrected chi connectivity index (χ0v) is 20.0. The molecule has 0 radical (unpaired) electrons. The molecular weight excluding hydrogens is 468 g/mol. The molecule has 186 valence electrons. The number of hydrogen-bond acceptors (Lipinski definition) is 5. The predicted octanol–water partition coefficient (Wildman–Crippen LogP) is 5.20. The number of fused-ring (bicyclic) bond motifs is 2. The van der Waals surface area contributed by atoms with Gasteiger partial charge in [0.15, 0.2) is 5.75 Å². The van der Waals surface area contributed by atoms with E-state index in [0.29, 0.717) is 41.3 Å². The second-order valence-corrected chi connectivity index (χ2v) is 8.78. The van der Waals surface area contributed by atoms with Crippen LogP contribution in [0.4, 0.5) is 5.69 Å². The van der Waals surface area contributed by atoms with Crippen molar-refractivity contribution in [2.45, 2.75) is 19.1 Å². The maximum Gasteiger partial charge on any atom is 0.262 e. The van der Waals surface area contributed by atoms with E-state index in [1.54, 1.807) is 29.2 Å². The first-order chi connectivity index (χ1) is 18.0. The van der Waals surface area contributed by atoms with Crippen LogP contribution in [0.5, 0.6) is 17.2 Å². The van der Waals surface area contributed by atoms with Gasteiger partial charge in [0.05, 0.1) is 29.5 Å². The maximum atomic E-state index is 13.4. The minimum atomic E-state index is -0.778. The van der Waals surface area contributed by atoms with Crippen LogP contribution in [-0.2, 0) is 6.54 Å². The number of ether oxygens (including phenoxy) is 1. The second kappa shape index (κ2) is 10.6. The molecule has 1 heterocycles. The van der Waals surface area contributed by atoms with Crippen LogP contribution >= 0.6 is 0 Å². The highest BCUT2D eigenvalue weighted by molar-refractivity contribution is 6.09. The fourth-order valence-electron chi connectivity index (χ4n) is 4.31. The Labute approximate surface area is 214 Å². The Morgan fingerprint density at radius 3 is 2.32 bits per heavy atom. The number of aliphatic hydroxyl groups excluding tert-OH is 1. The minimum Gasteiger partial charge on any atom is -0.507 e. The summed E-state index contributed by atoms with van der Waals surface area (Å²) in [6.07, 6.45) is -0.468. The topological polar surface area (TPSA) is 99.1 Å². The van der Waals surface area contributed by atoms with E-state index in [2.05, 4.69) is 5.32 Å². The van der Waals surface area contributed by atoms with Crippen molar-refractivity contribution in [2.75, 3.05) is 11.4 Å². The summed E-state index contributed by atoms with van der Waals surface area (Å²) in [6, 6.07) is 28.4. The smallest absolute Gasteiger partial charge is 0.262 e. The lowest BCUT2D eigenvalue weighted by molar-refractivity contribution is 0.0938. The number of carbonyl (C=O) groups is 2. The number of amides is 2. The summed E-state index contributed by atoms with van der Waals surface area (Å²) in [5.41, 5.74) is 2.98. The molecule has 7 nitrogen and oxygen atoms in total. The van der Waals surface area contributed by atoms with Gasteiger partial charge < -0.3 is 25.2 Å². The molecule has 4 aromatic carbocycles. The number of nitrogens with zero attached hydrogens (tertiary/aromatic N) is 1. The zero-order chi connectivity index (χ0) is 25.8. The van der Waals surface area contributed by atoms with Gasteiger partial charge in [-0.3, -0.25) is 9.59 Å². The van der Waals surface area contributed by atoms with Crippen LogP contribution in [0.1, 0.15) is 44.4 Å². The molecule has 5 rings (SSSR count). The summed E-state index contributed by atoms with van der Waals surface area (Å²) in [4.78, 5) is 27.4. The number of nitrogens with one attached hydrogen (secondary N) is 1. The molecule has 37 heavy (non-hydrogen) atoms. The van der Waals surface area contributed by atoms with E-state index in [9.17, 15) is 19.8 Å². The summed E-state index contributed by atoms with van der Waals surface area (Å²) in [5, 5.41) is 23.1. The van der Waals surface area contributed by atoms with E-state index < -0.39 is 12.0 Å². The van der Waals surface area contributed by atoms with Crippen LogP contribution in [0.15, 0.2) is 97.1 Å². The van der Waals surface area contributed by atoms with Crippen molar-refractivity contribution < 1.29 is 24.5 Å². The number of para-hydroxylation sites is 4. The van der Waals surface area contributed by atoms with Gasteiger partial charge in [-0.1, -0.05) is 60.7 Å². The van der Waals surface area contributed by atoms with E-state index in [0.717, 1.165) is 5.56 Å². The molecule has 0 aromatic heterocycles. The number of aromatic hydroxyl groups is 1. The molecule has 4 aromatic rings. The maximum absolute atomic E-state index is 13.4. The number of carbonyl (C=O) groups excluding carboxylic acids is 2. The highest BCUT2D eigenvalue weighted by Crippen LogP contribution is 2.39. The SMILES string of the molecule is O=C(NCCC(O)c1ccc(CN2C(=O)c3ccccc3Oc3ccccc32)cc1)c1ccccc1O. The van der Waals surface area contributed by atoms with Crippen molar-refractivity contribution in [2.24, 2.45) is 0 Å². The fraction of sp³-hybridized carbons (Fsp3) is 0.133. The Balaban J connectivity index is 1.25. The van der Waals surface area contributed by atoms with E-state index in [4.69, 9.17) is 4.74 Å². The van der Waals surface area contributed by atoms with Crippen molar-refractivity contribution in [1.82, 2.24) is 5.32 Å². The van der Waals surface area contributed by atoms with Gasteiger partial charge in [-0.05, 0) is 53.9 Å². The highest BCUT2D eigenvalue weighted by Gasteiger charge is 2.28. The lowest BCUT2D eigenvalue weighted by atomic mass is 10.0. The molecule has 1 aliphatic rings. The van der Waals surface area contributed by atoms with Gasteiger partial charge in [0.25, 0.3) is 11.8 Å². The number of aliphatic hydroxyl groups is 1. The number of rotatable bonds is 7. The zero-order valence-electron chi connectivity index (χ0n) is 20.0. The van der Waals surface area contributed by atoms with Crippen molar-refractivity contribution in [1.29, 1.82) is 0 Å². The third kappa shape index (κ3) is 5.17. The van der Waals surface area contributed by atoms with E-state index in [1.807, 2.05) is 60.7 Å². The summed E-state index contributed by atoms with van der Waals surface area (Å²) < 4.78 is 6.04. The monoisotopic (exact) mass is 494 g/mol. The molecule has 0 fully saturated rings. The Morgan fingerprint density at radius 2 is 1.54 bits per heavy atom. The summed E-state index contributed by atoms with van der Waals surface area (Å²) in [6.45, 7) is 0.578. The van der Waals surface area contributed by atoms with Gasteiger partial charge >= 0.3 is 0 Å². The van der Waals surface area contributed by atoms with Crippen LogP contribution in [0, 0.1) is 0 Å². The van der Waals surface area contributed by atoms with Crippen LogP contribution in [0.3, 0.4) is 0 Å². The van der Waals surface area contributed by atoms with Crippen molar-refractivity contribution >= 4 is 17.5 Å². The quantitative estimate of drug-likeness (QED) is 0.328. The Kier molecular flexibility index (Phi) is 6.87. The number of benzene rings is 4. The Bertz CT molecular complexity index is 1430.